The highest BCUT2D eigenvalue weighted by Crippen LogP contribution is 2.24. The van der Waals surface area contributed by atoms with Crippen LogP contribution in [0.2, 0.25) is 0 Å². The molecule has 0 N–H and O–H groups in total. The average Bonchev–Trinajstić information content (AvgIpc) is 3.08. The monoisotopic (exact) mass is 368 g/mol. The average molecular weight is 369 g/mol. The maximum Gasteiger partial charge on any atom is 0.254 e. The Morgan fingerprint density at radius 3 is 2.54 bits per heavy atom. The van der Waals surface area contributed by atoms with Crippen LogP contribution in [-0.4, -0.2) is 41.9 Å². The molecule has 26 heavy (non-hydrogen) atoms. The zero-order valence-corrected chi connectivity index (χ0v) is 16.7. The van der Waals surface area contributed by atoms with Gasteiger partial charge in [-0.2, -0.15) is 0 Å². The predicted molar refractivity (Wildman–Crippen MR) is 108 cm³/mol. The van der Waals surface area contributed by atoms with E-state index < -0.39 is 0 Å². The minimum atomic E-state index is -0.0224. The van der Waals surface area contributed by atoms with Crippen LogP contribution in [0.5, 0.6) is 0 Å². The Morgan fingerprint density at radius 1 is 1.15 bits per heavy atom. The van der Waals surface area contributed by atoms with Crippen molar-refractivity contribution in [3.8, 4) is 0 Å². The molecule has 0 aliphatic carbocycles. The quantitative estimate of drug-likeness (QED) is 0.679. The van der Waals surface area contributed by atoms with Crippen molar-refractivity contribution in [3.63, 3.8) is 0 Å². The van der Waals surface area contributed by atoms with Crippen LogP contribution >= 0.6 is 11.3 Å². The van der Waals surface area contributed by atoms with Crippen LogP contribution in [0.1, 0.15) is 40.8 Å². The maximum atomic E-state index is 13.1. The summed E-state index contributed by atoms with van der Waals surface area (Å²) in [5.74, 6) is 1.16. The molecule has 3 rings (SSSR count). The molecule has 0 atom stereocenters. The molecule has 2 aromatic heterocycles. The van der Waals surface area contributed by atoms with E-state index in [1.54, 1.807) is 16.2 Å². The van der Waals surface area contributed by atoms with Gasteiger partial charge in [-0.3, -0.25) is 4.79 Å². The number of hydrogen-bond donors (Lipinski definition) is 0. The highest BCUT2D eigenvalue weighted by molar-refractivity contribution is 7.09. The highest BCUT2D eigenvalue weighted by Gasteiger charge is 2.18. The van der Waals surface area contributed by atoms with Gasteiger partial charge in [0, 0.05) is 37.8 Å². The number of benzene rings is 1. The Bertz CT molecular complexity index is 932. The van der Waals surface area contributed by atoms with E-state index in [4.69, 9.17) is 0 Å². The van der Waals surface area contributed by atoms with Crippen LogP contribution in [0.4, 0.5) is 5.82 Å². The molecule has 0 saturated carbocycles. The number of anilines is 1. The van der Waals surface area contributed by atoms with Crippen molar-refractivity contribution < 1.29 is 4.79 Å². The van der Waals surface area contributed by atoms with Crippen molar-refractivity contribution in [1.29, 1.82) is 0 Å². The minimum absolute atomic E-state index is 0.0224. The fourth-order valence-electron chi connectivity index (χ4n) is 2.75. The van der Waals surface area contributed by atoms with E-state index in [-0.39, 0.29) is 5.91 Å². The Labute approximate surface area is 158 Å². The number of nitrogens with zero attached hydrogens (tertiary/aromatic N) is 4. The normalized spacial score (nSPS) is 11.2. The summed E-state index contributed by atoms with van der Waals surface area (Å²) in [6.45, 7) is 4.75. The van der Waals surface area contributed by atoms with E-state index in [1.165, 1.54) is 0 Å². The van der Waals surface area contributed by atoms with E-state index in [9.17, 15) is 4.79 Å². The number of pyridine rings is 1. The standard InChI is InChI=1S/C20H24N4OS/c1-13(2)19-21-14(12-26-19)11-24(5)20(25)16-10-18(23(3)4)22-17-9-7-6-8-15(16)17/h6-10,12-13H,11H2,1-5H3. The van der Waals surface area contributed by atoms with Gasteiger partial charge in [-0.05, 0) is 12.1 Å². The third kappa shape index (κ3) is 3.70. The lowest BCUT2D eigenvalue weighted by atomic mass is 10.1. The lowest BCUT2D eigenvalue weighted by Crippen LogP contribution is -2.27. The Hall–Kier alpha value is -2.47. The molecule has 2 heterocycles. The Balaban J connectivity index is 1.92. The van der Waals surface area contributed by atoms with Gasteiger partial charge in [0.1, 0.15) is 5.82 Å². The van der Waals surface area contributed by atoms with Crippen molar-refractivity contribution in [2.75, 3.05) is 26.0 Å². The smallest absolute Gasteiger partial charge is 0.254 e. The summed E-state index contributed by atoms with van der Waals surface area (Å²) in [4.78, 5) is 26.0. The number of hydrogen-bond acceptors (Lipinski definition) is 5. The zero-order chi connectivity index (χ0) is 18.8. The van der Waals surface area contributed by atoms with Crippen LogP contribution in [0, 0.1) is 0 Å². The molecule has 1 amide bonds. The minimum Gasteiger partial charge on any atom is -0.363 e. The molecular weight excluding hydrogens is 344 g/mol. The molecular formula is C20H24N4OS. The number of carbonyl (C=O) groups is 1. The topological polar surface area (TPSA) is 49.3 Å². The highest BCUT2D eigenvalue weighted by atomic mass is 32.1. The van der Waals surface area contributed by atoms with Gasteiger partial charge < -0.3 is 9.80 Å². The second-order valence-corrected chi connectivity index (χ2v) is 7.82. The molecule has 0 fully saturated rings. The third-order valence-corrected chi connectivity index (χ3v) is 5.39. The zero-order valence-electron chi connectivity index (χ0n) is 15.9. The first-order valence-electron chi connectivity index (χ1n) is 8.63. The summed E-state index contributed by atoms with van der Waals surface area (Å²) in [5.41, 5.74) is 2.42. The second-order valence-electron chi connectivity index (χ2n) is 6.93. The molecule has 6 heteroatoms. The van der Waals surface area contributed by atoms with E-state index in [2.05, 4.69) is 23.8 Å². The summed E-state index contributed by atoms with van der Waals surface area (Å²) in [6, 6.07) is 9.62. The first kappa shape index (κ1) is 18.3. The number of carbonyl (C=O) groups excluding carboxylic acids is 1. The Morgan fingerprint density at radius 2 is 1.88 bits per heavy atom. The van der Waals surface area contributed by atoms with Crippen molar-refractivity contribution >= 4 is 34.0 Å². The van der Waals surface area contributed by atoms with E-state index in [0.29, 0.717) is 18.0 Å². The summed E-state index contributed by atoms with van der Waals surface area (Å²) in [6.07, 6.45) is 0. The molecule has 1 aromatic carbocycles. The molecule has 0 aliphatic rings. The summed E-state index contributed by atoms with van der Waals surface area (Å²) in [7, 11) is 5.68. The van der Waals surface area contributed by atoms with Crippen LogP contribution in [0.25, 0.3) is 10.9 Å². The number of fused-ring (bicyclic) bond motifs is 1. The molecule has 0 radical (unpaired) electrons. The fraction of sp³-hybridized carbons (Fsp3) is 0.350. The number of aromatic nitrogens is 2. The third-order valence-electron chi connectivity index (χ3n) is 4.20. The summed E-state index contributed by atoms with van der Waals surface area (Å²) in [5, 5.41) is 4.01. The molecule has 0 spiro atoms. The molecule has 136 valence electrons. The lowest BCUT2D eigenvalue weighted by Gasteiger charge is -2.19. The molecule has 0 unspecified atom stereocenters. The van der Waals surface area contributed by atoms with Gasteiger partial charge >= 0.3 is 0 Å². The molecule has 5 nitrogen and oxygen atoms in total. The van der Waals surface area contributed by atoms with Gasteiger partial charge in [-0.1, -0.05) is 32.0 Å². The molecule has 0 aliphatic heterocycles. The summed E-state index contributed by atoms with van der Waals surface area (Å²) < 4.78 is 0. The number of amides is 1. The van der Waals surface area contributed by atoms with Gasteiger partial charge in [-0.25, -0.2) is 9.97 Å². The maximum absolute atomic E-state index is 13.1. The van der Waals surface area contributed by atoms with Crippen molar-refractivity contribution in [2.45, 2.75) is 26.3 Å². The van der Waals surface area contributed by atoms with E-state index >= 15 is 0 Å². The first-order valence-corrected chi connectivity index (χ1v) is 9.51. The number of para-hydroxylation sites is 1. The molecule has 3 aromatic rings. The van der Waals surface area contributed by atoms with Crippen LogP contribution in [0.15, 0.2) is 35.7 Å². The van der Waals surface area contributed by atoms with Gasteiger partial charge in [0.2, 0.25) is 0 Å². The fourth-order valence-corrected chi connectivity index (χ4v) is 3.57. The number of thiazole rings is 1. The van der Waals surface area contributed by atoms with Gasteiger partial charge in [-0.15, -0.1) is 11.3 Å². The van der Waals surface area contributed by atoms with Crippen LogP contribution in [-0.2, 0) is 6.54 Å². The lowest BCUT2D eigenvalue weighted by molar-refractivity contribution is 0.0785. The predicted octanol–water partition coefficient (Wildman–Crippen LogP) is 4.15. The van der Waals surface area contributed by atoms with Crippen molar-refractivity contribution in [1.82, 2.24) is 14.9 Å². The molecule has 0 saturated heterocycles. The van der Waals surface area contributed by atoms with Crippen LogP contribution in [0.3, 0.4) is 0 Å². The van der Waals surface area contributed by atoms with Gasteiger partial charge in [0.25, 0.3) is 5.91 Å². The van der Waals surface area contributed by atoms with Gasteiger partial charge in [0.05, 0.1) is 28.3 Å². The van der Waals surface area contributed by atoms with E-state index in [1.807, 2.05) is 61.8 Å². The van der Waals surface area contributed by atoms with Crippen LogP contribution < -0.4 is 4.90 Å². The SMILES string of the molecule is CC(C)c1nc(CN(C)C(=O)c2cc(N(C)C)nc3ccccc23)cs1. The van der Waals surface area contributed by atoms with Crippen molar-refractivity contribution in [3.05, 3.63) is 52.0 Å². The van der Waals surface area contributed by atoms with Crippen molar-refractivity contribution in [2.24, 2.45) is 0 Å². The van der Waals surface area contributed by atoms with E-state index in [0.717, 1.165) is 27.4 Å². The Kier molecular flexibility index (Phi) is 5.23. The second kappa shape index (κ2) is 7.41. The van der Waals surface area contributed by atoms with Gasteiger partial charge in [0.15, 0.2) is 0 Å². The molecule has 0 bridgehead atoms. The summed E-state index contributed by atoms with van der Waals surface area (Å²) >= 11 is 1.65. The number of rotatable bonds is 5. The first-order chi connectivity index (χ1) is 12.4. The largest absolute Gasteiger partial charge is 0.363 e.